The number of benzene rings is 1. The second kappa shape index (κ2) is 6.30. The number of ether oxygens (including phenoxy) is 2. The molecule has 1 heterocycles. The van der Waals surface area contributed by atoms with Crippen molar-refractivity contribution in [1.82, 2.24) is 0 Å². The second-order valence-electron chi connectivity index (χ2n) is 6.22. The Morgan fingerprint density at radius 1 is 1.14 bits per heavy atom. The average Bonchev–Trinajstić information content (AvgIpc) is 2.66. The molecule has 0 aromatic heterocycles. The van der Waals surface area contributed by atoms with Crippen LogP contribution in [0.5, 0.6) is 5.75 Å². The summed E-state index contributed by atoms with van der Waals surface area (Å²) >= 11 is 0. The Hall–Kier alpha value is -1.53. The molecule has 1 fully saturated rings. The zero-order valence-corrected chi connectivity index (χ0v) is 13.8. The van der Waals surface area contributed by atoms with Gasteiger partial charge in [0.25, 0.3) is 0 Å². The molecule has 22 heavy (non-hydrogen) atoms. The van der Waals surface area contributed by atoms with E-state index in [1.54, 1.807) is 13.0 Å². The van der Waals surface area contributed by atoms with Gasteiger partial charge in [0.05, 0.1) is 17.8 Å². The molecule has 5 nitrogen and oxygen atoms in total. The highest BCUT2D eigenvalue weighted by atomic mass is 16.7. The largest absolute Gasteiger partial charge is 0.498 e. The first-order valence-electron chi connectivity index (χ1n) is 7.50. The van der Waals surface area contributed by atoms with Crippen molar-refractivity contribution in [2.24, 2.45) is 0 Å². The number of para-hydroxylation sites is 1. The smallest absolute Gasteiger partial charge is 0.482 e. The molecule has 0 N–H and O–H groups in total. The molecule has 0 spiro atoms. The van der Waals surface area contributed by atoms with Crippen LogP contribution in [-0.4, -0.2) is 37.5 Å². The molecule has 2 rings (SSSR count). The van der Waals surface area contributed by atoms with Crippen LogP contribution in [0.3, 0.4) is 0 Å². The fraction of sp³-hybridized carbons (Fsp3) is 0.562. The SMILES string of the molecule is CCOC(=O)COc1ccccc1B1OC(C)(C)C(C)(C)O1. The first-order chi connectivity index (χ1) is 10.3. The minimum absolute atomic E-state index is 0.135. The normalized spacial score (nSPS) is 19.0. The lowest BCUT2D eigenvalue weighted by atomic mass is 9.78. The fourth-order valence-electron chi connectivity index (χ4n) is 2.12. The minimum atomic E-state index is -0.525. The molecule has 1 saturated heterocycles. The van der Waals surface area contributed by atoms with Gasteiger partial charge in [-0.1, -0.05) is 18.2 Å². The second-order valence-corrected chi connectivity index (χ2v) is 6.22. The summed E-state index contributed by atoms with van der Waals surface area (Å²) in [6.45, 7) is 9.94. The third kappa shape index (κ3) is 3.44. The van der Waals surface area contributed by atoms with Crippen LogP contribution in [0, 0.1) is 0 Å². The van der Waals surface area contributed by atoms with Gasteiger partial charge >= 0.3 is 13.1 Å². The number of hydrogen-bond acceptors (Lipinski definition) is 5. The molecule has 1 aromatic carbocycles. The molecule has 1 aliphatic rings. The van der Waals surface area contributed by atoms with Crippen molar-refractivity contribution in [2.45, 2.75) is 45.8 Å². The third-order valence-electron chi connectivity index (χ3n) is 4.08. The topological polar surface area (TPSA) is 54.0 Å². The molecule has 0 amide bonds. The van der Waals surface area contributed by atoms with Crippen LogP contribution in [0.15, 0.2) is 24.3 Å². The van der Waals surface area contributed by atoms with Gasteiger partial charge in [0.1, 0.15) is 5.75 Å². The van der Waals surface area contributed by atoms with Gasteiger partial charge in [-0.2, -0.15) is 0 Å². The molecule has 1 aromatic rings. The lowest BCUT2D eigenvalue weighted by Crippen LogP contribution is -2.41. The first-order valence-corrected chi connectivity index (χ1v) is 7.50. The highest BCUT2D eigenvalue weighted by molar-refractivity contribution is 6.63. The number of hydrogen-bond donors (Lipinski definition) is 0. The third-order valence-corrected chi connectivity index (χ3v) is 4.08. The van der Waals surface area contributed by atoms with Gasteiger partial charge in [0.15, 0.2) is 6.61 Å². The maximum atomic E-state index is 11.4. The Labute approximate surface area is 132 Å². The molecular formula is C16H23BO5. The first kappa shape index (κ1) is 16.8. The maximum absolute atomic E-state index is 11.4. The summed E-state index contributed by atoms with van der Waals surface area (Å²) in [5, 5.41) is 0. The molecule has 6 heteroatoms. The number of carbonyl (C=O) groups is 1. The van der Waals surface area contributed by atoms with E-state index in [9.17, 15) is 4.79 Å². The van der Waals surface area contributed by atoms with Crippen LogP contribution in [0.4, 0.5) is 0 Å². The molecule has 0 atom stereocenters. The van der Waals surface area contributed by atoms with Crippen molar-refractivity contribution < 1.29 is 23.6 Å². The van der Waals surface area contributed by atoms with Gasteiger partial charge in [-0.25, -0.2) is 4.79 Å². The van der Waals surface area contributed by atoms with Crippen molar-refractivity contribution in [1.29, 1.82) is 0 Å². The predicted molar refractivity (Wildman–Crippen MR) is 84.3 cm³/mol. The molecule has 0 saturated carbocycles. The molecule has 1 aliphatic heterocycles. The summed E-state index contributed by atoms with van der Waals surface area (Å²) in [7, 11) is -0.525. The van der Waals surface area contributed by atoms with E-state index in [4.69, 9.17) is 18.8 Å². The van der Waals surface area contributed by atoms with Crippen LogP contribution in [0.2, 0.25) is 0 Å². The predicted octanol–water partition coefficient (Wildman–Crippen LogP) is 1.93. The fourth-order valence-corrected chi connectivity index (χ4v) is 2.12. The van der Waals surface area contributed by atoms with E-state index in [-0.39, 0.29) is 6.61 Å². The summed E-state index contributed by atoms with van der Waals surface area (Å²) < 4.78 is 22.5. The summed E-state index contributed by atoms with van der Waals surface area (Å²) in [4.78, 5) is 11.4. The Kier molecular flexibility index (Phi) is 4.82. The van der Waals surface area contributed by atoms with Gasteiger partial charge in [-0.05, 0) is 40.7 Å². The zero-order valence-electron chi connectivity index (χ0n) is 13.8. The van der Waals surface area contributed by atoms with E-state index in [0.29, 0.717) is 12.4 Å². The molecule has 0 unspecified atom stereocenters. The van der Waals surface area contributed by atoms with Gasteiger partial charge < -0.3 is 18.8 Å². The van der Waals surface area contributed by atoms with Crippen molar-refractivity contribution >= 4 is 18.6 Å². The molecule has 0 radical (unpaired) electrons. The maximum Gasteiger partial charge on any atom is 0.498 e. The highest BCUT2D eigenvalue weighted by Crippen LogP contribution is 2.37. The molecule has 120 valence electrons. The summed E-state index contributed by atoms with van der Waals surface area (Å²) in [6, 6.07) is 7.40. The summed E-state index contributed by atoms with van der Waals surface area (Å²) in [5.74, 6) is 0.167. The van der Waals surface area contributed by atoms with E-state index in [1.807, 2.05) is 45.9 Å². The van der Waals surface area contributed by atoms with Crippen LogP contribution < -0.4 is 10.2 Å². The van der Waals surface area contributed by atoms with Gasteiger partial charge in [-0.15, -0.1) is 0 Å². The Morgan fingerprint density at radius 3 is 2.32 bits per heavy atom. The quantitative estimate of drug-likeness (QED) is 0.614. The van der Waals surface area contributed by atoms with E-state index in [0.717, 1.165) is 5.46 Å². The lowest BCUT2D eigenvalue weighted by molar-refractivity contribution is -0.145. The van der Waals surface area contributed by atoms with Crippen LogP contribution in [0.1, 0.15) is 34.6 Å². The Balaban J connectivity index is 2.14. The zero-order chi connectivity index (χ0) is 16.4. The van der Waals surface area contributed by atoms with E-state index in [1.165, 1.54) is 0 Å². The van der Waals surface area contributed by atoms with Crippen LogP contribution in [-0.2, 0) is 18.8 Å². The van der Waals surface area contributed by atoms with Crippen molar-refractivity contribution in [3.05, 3.63) is 24.3 Å². The van der Waals surface area contributed by atoms with Crippen LogP contribution >= 0.6 is 0 Å². The van der Waals surface area contributed by atoms with Crippen molar-refractivity contribution in [3.8, 4) is 5.75 Å². The van der Waals surface area contributed by atoms with Crippen molar-refractivity contribution in [2.75, 3.05) is 13.2 Å². The number of rotatable bonds is 5. The highest BCUT2D eigenvalue weighted by Gasteiger charge is 2.52. The molecule has 0 bridgehead atoms. The van der Waals surface area contributed by atoms with E-state index in [2.05, 4.69) is 0 Å². The van der Waals surface area contributed by atoms with Crippen molar-refractivity contribution in [3.63, 3.8) is 0 Å². The Bertz CT molecular complexity index is 525. The van der Waals surface area contributed by atoms with E-state index < -0.39 is 24.3 Å². The van der Waals surface area contributed by atoms with Crippen LogP contribution in [0.25, 0.3) is 0 Å². The summed E-state index contributed by atoms with van der Waals surface area (Å²) in [5.41, 5.74) is -0.0804. The average molecular weight is 306 g/mol. The van der Waals surface area contributed by atoms with Gasteiger partial charge in [-0.3, -0.25) is 0 Å². The molecule has 0 aliphatic carbocycles. The number of esters is 1. The standard InChI is InChI=1S/C16H23BO5/c1-6-19-14(18)11-20-13-10-8-7-9-12(13)17-21-15(2,3)16(4,5)22-17/h7-10H,6,11H2,1-5H3. The van der Waals surface area contributed by atoms with E-state index >= 15 is 0 Å². The molecular weight excluding hydrogens is 283 g/mol. The minimum Gasteiger partial charge on any atom is -0.482 e. The van der Waals surface area contributed by atoms with Gasteiger partial charge in [0, 0.05) is 5.46 Å². The summed E-state index contributed by atoms with van der Waals surface area (Å²) in [6.07, 6.45) is 0. The van der Waals surface area contributed by atoms with Gasteiger partial charge in [0.2, 0.25) is 0 Å². The number of carbonyl (C=O) groups excluding carboxylic acids is 1. The lowest BCUT2D eigenvalue weighted by Gasteiger charge is -2.32. The monoisotopic (exact) mass is 306 g/mol. The Morgan fingerprint density at radius 2 is 1.73 bits per heavy atom.